The van der Waals surface area contributed by atoms with Crippen LogP contribution >= 0.6 is 0 Å². The Morgan fingerprint density at radius 3 is 2.69 bits per heavy atom. The van der Waals surface area contributed by atoms with Crippen LogP contribution in [-0.2, 0) is 6.54 Å². The molecule has 26 heavy (non-hydrogen) atoms. The summed E-state index contributed by atoms with van der Waals surface area (Å²) in [5.41, 5.74) is 6.49. The maximum atomic E-state index is 12.9. The van der Waals surface area contributed by atoms with E-state index in [9.17, 15) is 4.79 Å². The number of fused-ring (bicyclic) bond motifs is 1. The van der Waals surface area contributed by atoms with Gasteiger partial charge in [0.05, 0.1) is 11.8 Å². The molecule has 4 rings (SSSR count). The van der Waals surface area contributed by atoms with Gasteiger partial charge in [0, 0.05) is 24.4 Å². The number of hydrogen-bond donors (Lipinski definition) is 1. The number of nitrogens with zero attached hydrogens (tertiary/aromatic N) is 1. The molecule has 0 saturated heterocycles. The lowest BCUT2D eigenvalue weighted by atomic mass is 10.1. The molecule has 4 nitrogen and oxygen atoms in total. The van der Waals surface area contributed by atoms with Gasteiger partial charge in [-0.1, -0.05) is 36.4 Å². The molecule has 4 aromatic rings. The van der Waals surface area contributed by atoms with Crippen molar-refractivity contribution in [3.8, 4) is 0 Å². The minimum atomic E-state index is -0.143. The zero-order valence-corrected chi connectivity index (χ0v) is 14.8. The van der Waals surface area contributed by atoms with Crippen LogP contribution in [0.3, 0.4) is 0 Å². The SMILES string of the molecule is Cc1cccc(NC(=O)c2cc3occc3n2Cc2ccccc2C)c1. The van der Waals surface area contributed by atoms with Crippen molar-refractivity contribution in [3.05, 3.63) is 89.3 Å². The first-order valence-electron chi connectivity index (χ1n) is 8.61. The van der Waals surface area contributed by atoms with Crippen molar-refractivity contribution in [2.75, 3.05) is 5.32 Å². The quantitative estimate of drug-likeness (QED) is 0.556. The van der Waals surface area contributed by atoms with Gasteiger partial charge < -0.3 is 14.3 Å². The van der Waals surface area contributed by atoms with E-state index >= 15 is 0 Å². The molecule has 0 aliphatic carbocycles. The summed E-state index contributed by atoms with van der Waals surface area (Å²) >= 11 is 0. The Bertz CT molecular complexity index is 1090. The summed E-state index contributed by atoms with van der Waals surface area (Å²) in [6.07, 6.45) is 1.65. The average Bonchev–Trinajstić information content (AvgIpc) is 3.19. The third kappa shape index (κ3) is 3.02. The van der Waals surface area contributed by atoms with E-state index in [-0.39, 0.29) is 5.91 Å². The van der Waals surface area contributed by atoms with Crippen molar-refractivity contribution < 1.29 is 9.21 Å². The molecule has 0 saturated carbocycles. The fraction of sp³-hybridized carbons (Fsp3) is 0.136. The maximum Gasteiger partial charge on any atom is 0.272 e. The molecule has 0 bridgehead atoms. The van der Waals surface area contributed by atoms with E-state index in [4.69, 9.17) is 4.42 Å². The van der Waals surface area contributed by atoms with Crippen molar-refractivity contribution in [2.24, 2.45) is 0 Å². The van der Waals surface area contributed by atoms with Crippen LogP contribution in [0, 0.1) is 13.8 Å². The van der Waals surface area contributed by atoms with Crippen LogP contribution in [0.2, 0.25) is 0 Å². The minimum Gasteiger partial charge on any atom is -0.463 e. The van der Waals surface area contributed by atoms with E-state index < -0.39 is 0 Å². The van der Waals surface area contributed by atoms with Crippen LogP contribution in [0.5, 0.6) is 0 Å². The van der Waals surface area contributed by atoms with Gasteiger partial charge in [-0.05, 0) is 42.7 Å². The predicted octanol–water partition coefficient (Wildman–Crippen LogP) is 5.15. The van der Waals surface area contributed by atoms with Gasteiger partial charge in [-0.2, -0.15) is 0 Å². The van der Waals surface area contributed by atoms with E-state index in [0.29, 0.717) is 17.8 Å². The highest BCUT2D eigenvalue weighted by atomic mass is 16.3. The van der Waals surface area contributed by atoms with Gasteiger partial charge in [0.15, 0.2) is 5.58 Å². The second-order valence-electron chi connectivity index (χ2n) is 6.54. The largest absolute Gasteiger partial charge is 0.463 e. The number of benzene rings is 2. The molecule has 4 heteroatoms. The molecule has 2 aromatic heterocycles. The van der Waals surface area contributed by atoms with Crippen molar-refractivity contribution >= 4 is 22.7 Å². The van der Waals surface area contributed by atoms with E-state index in [1.165, 1.54) is 11.1 Å². The summed E-state index contributed by atoms with van der Waals surface area (Å²) < 4.78 is 7.53. The molecule has 0 aliphatic heterocycles. The highest BCUT2D eigenvalue weighted by Gasteiger charge is 2.18. The number of furan rings is 1. The maximum absolute atomic E-state index is 12.9. The summed E-state index contributed by atoms with van der Waals surface area (Å²) in [6.45, 7) is 4.70. The summed E-state index contributed by atoms with van der Waals surface area (Å²) in [4.78, 5) is 12.9. The number of aryl methyl sites for hydroxylation is 2. The first-order valence-corrected chi connectivity index (χ1v) is 8.61. The van der Waals surface area contributed by atoms with Crippen LogP contribution in [0.4, 0.5) is 5.69 Å². The number of rotatable bonds is 4. The van der Waals surface area contributed by atoms with Gasteiger partial charge in [0.1, 0.15) is 5.69 Å². The van der Waals surface area contributed by atoms with Gasteiger partial charge >= 0.3 is 0 Å². The number of carbonyl (C=O) groups excluding carboxylic acids is 1. The van der Waals surface area contributed by atoms with Crippen LogP contribution in [0.15, 0.2) is 71.3 Å². The number of amides is 1. The van der Waals surface area contributed by atoms with Crippen LogP contribution < -0.4 is 5.32 Å². The Labute approximate surface area is 152 Å². The molecule has 1 N–H and O–H groups in total. The lowest BCUT2D eigenvalue weighted by Gasteiger charge is -2.12. The highest BCUT2D eigenvalue weighted by molar-refractivity contribution is 6.05. The van der Waals surface area contributed by atoms with Crippen molar-refractivity contribution in [1.82, 2.24) is 4.57 Å². The van der Waals surface area contributed by atoms with Crippen molar-refractivity contribution in [1.29, 1.82) is 0 Å². The van der Waals surface area contributed by atoms with E-state index in [1.807, 2.05) is 54.0 Å². The smallest absolute Gasteiger partial charge is 0.272 e. The van der Waals surface area contributed by atoms with Crippen LogP contribution in [-0.4, -0.2) is 10.5 Å². The van der Waals surface area contributed by atoms with Crippen molar-refractivity contribution in [3.63, 3.8) is 0 Å². The molecule has 1 amide bonds. The lowest BCUT2D eigenvalue weighted by Crippen LogP contribution is -2.17. The summed E-state index contributed by atoms with van der Waals surface area (Å²) in [6, 6.07) is 19.7. The molecule has 0 aliphatic rings. The van der Waals surface area contributed by atoms with Crippen LogP contribution in [0.25, 0.3) is 11.1 Å². The molecule has 130 valence electrons. The monoisotopic (exact) mass is 344 g/mol. The Balaban J connectivity index is 1.72. The first-order chi connectivity index (χ1) is 12.6. The number of anilines is 1. The summed E-state index contributed by atoms with van der Waals surface area (Å²) in [5, 5.41) is 2.99. The van der Waals surface area contributed by atoms with E-state index in [2.05, 4.69) is 24.4 Å². The lowest BCUT2D eigenvalue weighted by molar-refractivity contribution is 0.101. The van der Waals surface area contributed by atoms with Crippen molar-refractivity contribution in [2.45, 2.75) is 20.4 Å². The third-order valence-electron chi connectivity index (χ3n) is 4.62. The number of hydrogen-bond acceptors (Lipinski definition) is 2. The fourth-order valence-electron chi connectivity index (χ4n) is 3.21. The Hall–Kier alpha value is -3.27. The number of aromatic nitrogens is 1. The molecule has 0 fully saturated rings. The van der Waals surface area contributed by atoms with Gasteiger partial charge in [-0.3, -0.25) is 4.79 Å². The second kappa shape index (κ2) is 6.56. The van der Waals surface area contributed by atoms with E-state index in [0.717, 1.165) is 16.8 Å². The number of carbonyl (C=O) groups is 1. The molecular formula is C22H20N2O2. The van der Waals surface area contributed by atoms with Crippen LogP contribution in [0.1, 0.15) is 27.2 Å². The Morgan fingerprint density at radius 2 is 1.88 bits per heavy atom. The fourth-order valence-corrected chi connectivity index (χ4v) is 3.21. The van der Waals surface area contributed by atoms with E-state index in [1.54, 1.807) is 12.3 Å². The molecule has 0 unspecified atom stereocenters. The number of nitrogens with one attached hydrogen (secondary N) is 1. The summed E-state index contributed by atoms with van der Waals surface area (Å²) in [7, 11) is 0. The molecule has 2 heterocycles. The zero-order valence-electron chi connectivity index (χ0n) is 14.8. The van der Waals surface area contributed by atoms with Gasteiger partial charge in [-0.25, -0.2) is 0 Å². The van der Waals surface area contributed by atoms with Gasteiger partial charge in [0.2, 0.25) is 0 Å². The minimum absolute atomic E-state index is 0.143. The van der Waals surface area contributed by atoms with Gasteiger partial charge in [-0.15, -0.1) is 0 Å². The topological polar surface area (TPSA) is 47.2 Å². The molecule has 0 spiro atoms. The average molecular weight is 344 g/mol. The van der Waals surface area contributed by atoms with Gasteiger partial charge in [0.25, 0.3) is 5.91 Å². The summed E-state index contributed by atoms with van der Waals surface area (Å²) in [5.74, 6) is -0.143. The molecule has 0 radical (unpaired) electrons. The second-order valence-corrected chi connectivity index (χ2v) is 6.54. The predicted molar refractivity (Wildman–Crippen MR) is 104 cm³/mol. The molecule has 2 aromatic carbocycles. The highest BCUT2D eigenvalue weighted by Crippen LogP contribution is 2.24. The molecular weight excluding hydrogens is 324 g/mol. The standard InChI is InChI=1S/C22H20N2O2/c1-15-6-5-9-18(12-15)23-22(25)20-13-21-19(10-11-26-21)24(20)14-17-8-4-3-7-16(17)2/h3-13H,14H2,1-2H3,(H,23,25). The normalized spacial score (nSPS) is 11.0. The third-order valence-corrected chi connectivity index (χ3v) is 4.62. The molecule has 0 atom stereocenters. The zero-order chi connectivity index (χ0) is 18.1. The first kappa shape index (κ1) is 16.2. The Morgan fingerprint density at radius 1 is 1.04 bits per heavy atom. The Kier molecular flexibility index (Phi) is 4.09.